The van der Waals surface area contributed by atoms with E-state index < -0.39 is 0 Å². The first kappa shape index (κ1) is 11.4. The Morgan fingerprint density at radius 3 is 2.62 bits per heavy atom. The summed E-state index contributed by atoms with van der Waals surface area (Å²) in [5.74, 6) is 0.829. The number of hydrogen-bond donors (Lipinski definition) is 0. The zero-order valence-electron chi connectivity index (χ0n) is 9.51. The maximum atomic E-state index is 5.67. The smallest absolute Gasteiger partial charge is 0.184 e. The first-order chi connectivity index (χ1) is 7.83. The molecule has 1 aliphatic rings. The van der Waals surface area contributed by atoms with Crippen molar-refractivity contribution in [3.8, 4) is 5.75 Å². The molecular formula is C12H16O4. The van der Waals surface area contributed by atoms with Gasteiger partial charge in [-0.2, -0.15) is 0 Å². The third kappa shape index (κ3) is 2.52. The fourth-order valence-electron chi connectivity index (χ4n) is 1.66. The highest BCUT2D eigenvalue weighted by Crippen LogP contribution is 2.28. The number of ether oxygens (including phenoxy) is 4. The molecule has 0 spiro atoms. The maximum absolute atomic E-state index is 5.67. The van der Waals surface area contributed by atoms with E-state index in [2.05, 4.69) is 0 Å². The van der Waals surface area contributed by atoms with Crippen molar-refractivity contribution in [2.24, 2.45) is 0 Å². The van der Waals surface area contributed by atoms with E-state index in [1.807, 2.05) is 24.3 Å². The zero-order valence-corrected chi connectivity index (χ0v) is 9.51. The van der Waals surface area contributed by atoms with E-state index in [1.165, 1.54) is 0 Å². The minimum absolute atomic E-state index is 0.0251. The van der Waals surface area contributed by atoms with Crippen LogP contribution in [-0.4, -0.2) is 33.5 Å². The Kier molecular flexibility index (Phi) is 3.77. The van der Waals surface area contributed by atoms with Crippen LogP contribution >= 0.6 is 0 Å². The molecular weight excluding hydrogens is 208 g/mol. The second-order valence-corrected chi connectivity index (χ2v) is 3.65. The molecule has 4 nitrogen and oxygen atoms in total. The molecule has 0 amide bonds. The van der Waals surface area contributed by atoms with Crippen LogP contribution in [0.3, 0.4) is 0 Å². The molecule has 2 atom stereocenters. The number of hydrogen-bond acceptors (Lipinski definition) is 4. The van der Waals surface area contributed by atoms with Crippen LogP contribution in [0.4, 0.5) is 0 Å². The van der Waals surface area contributed by atoms with Crippen LogP contribution in [0.25, 0.3) is 0 Å². The van der Waals surface area contributed by atoms with E-state index >= 15 is 0 Å². The van der Waals surface area contributed by atoms with Gasteiger partial charge >= 0.3 is 0 Å². The van der Waals surface area contributed by atoms with Gasteiger partial charge in [0.25, 0.3) is 0 Å². The van der Waals surface area contributed by atoms with Crippen molar-refractivity contribution in [2.75, 3.05) is 27.4 Å². The molecule has 0 aromatic heterocycles. The molecule has 1 heterocycles. The minimum Gasteiger partial charge on any atom is -0.497 e. The van der Waals surface area contributed by atoms with Crippen molar-refractivity contribution in [2.45, 2.75) is 12.4 Å². The second kappa shape index (κ2) is 5.30. The second-order valence-electron chi connectivity index (χ2n) is 3.65. The van der Waals surface area contributed by atoms with E-state index in [0.29, 0.717) is 13.2 Å². The Hall–Kier alpha value is -1.10. The highest BCUT2D eigenvalue weighted by atomic mass is 16.7. The van der Waals surface area contributed by atoms with Gasteiger partial charge in [0.2, 0.25) is 0 Å². The molecule has 2 unspecified atom stereocenters. The largest absolute Gasteiger partial charge is 0.497 e. The van der Waals surface area contributed by atoms with Crippen LogP contribution in [0.5, 0.6) is 5.75 Å². The summed E-state index contributed by atoms with van der Waals surface area (Å²) in [5.41, 5.74) is 0.999. The zero-order chi connectivity index (χ0) is 11.4. The Balaban J connectivity index is 1.97. The predicted octanol–water partition coefficient (Wildman–Crippen LogP) is 1.76. The standard InChI is InChI=1S/C12H16O4/c1-13-7-11-8-15-12(16-11)9-3-5-10(14-2)6-4-9/h3-6,11-12H,7-8H2,1-2H3. The third-order valence-electron chi connectivity index (χ3n) is 2.49. The molecule has 1 aliphatic heterocycles. The van der Waals surface area contributed by atoms with E-state index in [1.54, 1.807) is 14.2 Å². The van der Waals surface area contributed by atoms with Gasteiger partial charge in [-0.25, -0.2) is 0 Å². The van der Waals surface area contributed by atoms with E-state index in [-0.39, 0.29) is 12.4 Å². The molecule has 4 heteroatoms. The summed E-state index contributed by atoms with van der Waals surface area (Å²) in [6, 6.07) is 7.68. The predicted molar refractivity (Wildman–Crippen MR) is 58.4 cm³/mol. The molecule has 88 valence electrons. The Bertz CT molecular complexity index is 322. The first-order valence-corrected chi connectivity index (χ1v) is 5.23. The van der Waals surface area contributed by atoms with Crippen molar-refractivity contribution >= 4 is 0 Å². The Morgan fingerprint density at radius 2 is 2.00 bits per heavy atom. The fraction of sp³-hybridized carbons (Fsp3) is 0.500. The molecule has 1 aromatic carbocycles. The lowest BCUT2D eigenvalue weighted by molar-refractivity contribution is -0.0705. The average Bonchev–Trinajstić information content (AvgIpc) is 2.78. The molecule has 0 bridgehead atoms. The molecule has 1 fully saturated rings. The van der Waals surface area contributed by atoms with Crippen molar-refractivity contribution in [3.05, 3.63) is 29.8 Å². The van der Waals surface area contributed by atoms with Gasteiger partial charge in [-0.05, 0) is 12.1 Å². The third-order valence-corrected chi connectivity index (χ3v) is 2.49. The van der Waals surface area contributed by atoms with Gasteiger partial charge in [-0.3, -0.25) is 0 Å². The maximum Gasteiger partial charge on any atom is 0.184 e. The Labute approximate surface area is 95.1 Å². The SMILES string of the molecule is COCC1COC(c2ccc(OC)cc2)O1. The molecule has 0 saturated carbocycles. The lowest BCUT2D eigenvalue weighted by Gasteiger charge is -2.11. The summed E-state index contributed by atoms with van der Waals surface area (Å²) < 4.78 is 21.3. The van der Waals surface area contributed by atoms with Gasteiger partial charge in [0.05, 0.1) is 20.3 Å². The summed E-state index contributed by atoms with van der Waals surface area (Å²) in [6.45, 7) is 1.14. The number of methoxy groups -OCH3 is 2. The number of benzene rings is 1. The molecule has 1 saturated heterocycles. The quantitative estimate of drug-likeness (QED) is 0.780. The van der Waals surface area contributed by atoms with Gasteiger partial charge in [-0.1, -0.05) is 12.1 Å². The summed E-state index contributed by atoms with van der Waals surface area (Å²) in [6.07, 6.45) is -0.261. The van der Waals surface area contributed by atoms with Gasteiger partial charge in [0.1, 0.15) is 11.9 Å². The molecule has 0 aliphatic carbocycles. The van der Waals surface area contributed by atoms with Gasteiger partial charge in [0, 0.05) is 12.7 Å². The van der Waals surface area contributed by atoms with Crippen molar-refractivity contribution in [1.29, 1.82) is 0 Å². The highest BCUT2D eigenvalue weighted by Gasteiger charge is 2.26. The summed E-state index contributed by atoms with van der Waals surface area (Å²) in [7, 11) is 3.30. The minimum atomic E-state index is -0.286. The molecule has 16 heavy (non-hydrogen) atoms. The van der Waals surface area contributed by atoms with Gasteiger partial charge < -0.3 is 18.9 Å². The van der Waals surface area contributed by atoms with Crippen LogP contribution in [0.15, 0.2) is 24.3 Å². The topological polar surface area (TPSA) is 36.9 Å². The summed E-state index contributed by atoms with van der Waals surface area (Å²) in [5, 5.41) is 0. The van der Waals surface area contributed by atoms with E-state index in [9.17, 15) is 0 Å². The summed E-state index contributed by atoms with van der Waals surface area (Å²) in [4.78, 5) is 0. The highest BCUT2D eigenvalue weighted by molar-refractivity contribution is 5.28. The monoisotopic (exact) mass is 224 g/mol. The van der Waals surface area contributed by atoms with Crippen molar-refractivity contribution in [3.63, 3.8) is 0 Å². The molecule has 1 aromatic rings. The fourth-order valence-corrected chi connectivity index (χ4v) is 1.66. The lowest BCUT2D eigenvalue weighted by Crippen LogP contribution is -2.16. The first-order valence-electron chi connectivity index (χ1n) is 5.23. The number of rotatable bonds is 4. The lowest BCUT2D eigenvalue weighted by atomic mass is 10.2. The molecule has 0 radical (unpaired) electrons. The van der Waals surface area contributed by atoms with Gasteiger partial charge in [-0.15, -0.1) is 0 Å². The van der Waals surface area contributed by atoms with Crippen LogP contribution < -0.4 is 4.74 Å². The van der Waals surface area contributed by atoms with Crippen LogP contribution in [0.1, 0.15) is 11.9 Å². The average molecular weight is 224 g/mol. The van der Waals surface area contributed by atoms with Crippen molar-refractivity contribution < 1.29 is 18.9 Å². The molecule has 2 rings (SSSR count). The van der Waals surface area contributed by atoms with Crippen LogP contribution in [0.2, 0.25) is 0 Å². The van der Waals surface area contributed by atoms with Crippen molar-refractivity contribution in [1.82, 2.24) is 0 Å². The van der Waals surface area contributed by atoms with Crippen LogP contribution in [0, 0.1) is 0 Å². The molecule has 0 N–H and O–H groups in total. The van der Waals surface area contributed by atoms with E-state index in [4.69, 9.17) is 18.9 Å². The summed E-state index contributed by atoms with van der Waals surface area (Å²) >= 11 is 0. The normalized spacial score (nSPS) is 24.6. The Morgan fingerprint density at radius 1 is 1.25 bits per heavy atom. The van der Waals surface area contributed by atoms with Crippen LogP contribution in [-0.2, 0) is 14.2 Å². The van der Waals surface area contributed by atoms with Gasteiger partial charge in [0.15, 0.2) is 6.29 Å². The van der Waals surface area contributed by atoms with E-state index in [0.717, 1.165) is 11.3 Å².